The summed E-state index contributed by atoms with van der Waals surface area (Å²) in [6.45, 7) is 3.56. The van der Waals surface area contributed by atoms with Gasteiger partial charge >= 0.3 is 0 Å². The second-order valence-electron chi connectivity index (χ2n) is 6.60. The first-order valence-electron chi connectivity index (χ1n) is 7.68. The fourth-order valence-electron chi connectivity index (χ4n) is 3.37. The van der Waals surface area contributed by atoms with Crippen molar-refractivity contribution in [1.29, 1.82) is 0 Å². The summed E-state index contributed by atoms with van der Waals surface area (Å²) >= 11 is 3.78. The number of nitrogens with one attached hydrogen (secondary N) is 1. The number of rotatable bonds is 4. The van der Waals surface area contributed by atoms with Crippen LogP contribution in [0, 0.1) is 5.92 Å². The third-order valence-electron chi connectivity index (χ3n) is 4.98. The molecule has 2 saturated carbocycles. The summed E-state index contributed by atoms with van der Waals surface area (Å²) < 4.78 is 1.29. The van der Waals surface area contributed by atoms with E-state index in [2.05, 4.69) is 52.4 Å². The predicted molar refractivity (Wildman–Crippen MR) is 84.5 cm³/mol. The Labute approximate surface area is 125 Å². The van der Waals surface area contributed by atoms with Crippen molar-refractivity contribution in [2.45, 2.75) is 56.9 Å². The van der Waals surface area contributed by atoms with Crippen LogP contribution in [0.2, 0.25) is 0 Å². The van der Waals surface area contributed by atoms with Gasteiger partial charge in [-0.25, -0.2) is 0 Å². The van der Waals surface area contributed by atoms with E-state index in [4.69, 9.17) is 0 Å². The van der Waals surface area contributed by atoms with Crippen molar-refractivity contribution in [2.24, 2.45) is 5.92 Å². The van der Waals surface area contributed by atoms with E-state index in [9.17, 15) is 0 Å². The van der Waals surface area contributed by atoms with Crippen LogP contribution < -0.4 is 5.32 Å². The van der Waals surface area contributed by atoms with Gasteiger partial charge in [0, 0.05) is 22.5 Å². The van der Waals surface area contributed by atoms with E-state index in [1.165, 1.54) is 48.6 Å². The molecule has 2 fully saturated rings. The van der Waals surface area contributed by atoms with E-state index in [1.807, 2.05) is 0 Å². The van der Waals surface area contributed by atoms with Gasteiger partial charge in [0.1, 0.15) is 0 Å². The lowest BCUT2D eigenvalue weighted by Crippen LogP contribution is -2.42. The van der Waals surface area contributed by atoms with Crippen LogP contribution in [0.4, 0.5) is 0 Å². The highest BCUT2D eigenvalue weighted by Crippen LogP contribution is 2.44. The van der Waals surface area contributed by atoms with Crippen LogP contribution in [-0.4, -0.2) is 12.6 Å². The summed E-state index contributed by atoms with van der Waals surface area (Å²) in [6, 6.07) is 9.65. The first kappa shape index (κ1) is 13.6. The Kier molecular flexibility index (Phi) is 4.00. The minimum Gasteiger partial charge on any atom is -0.313 e. The molecule has 0 bridgehead atoms. The molecule has 1 nitrogen and oxygen atoms in total. The van der Waals surface area contributed by atoms with Gasteiger partial charge in [0.2, 0.25) is 0 Å². The molecular weight excluding hydrogens is 298 g/mol. The van der Waals surface area contributed by atoms with E-state index >= 15 is 0 Å². The second-order valence-corrected chi connectivity index (χ2v) is 7.45. The number of hydrogen-bond acceptors (Lipinski definition) is 1. The molecule has 19 heavy (non-hydrogen) atoms. The van der Waals surface area contributed by atoms with Gasteiger partial charge < -0.3 is 5.32 Å². The molecule has 0 aliphatic heterocycles. The standard InChI is InChI=1S/C17H24BrN/c1-13-8-10-17(11-9-13,12-19-14-6-7-14)15-4-2-3-5-16(15)18/h2-5,13-14,19H,6-12H2,1H3. The van der Waals surface area contributed by atoms with Crippen molar-refractivity contribution in [3.05, 3.63) is 34.3 Å². The van der Waals surface area contributed by atoms with Gasteiger partial charge in [-0.15, -0.1) is 0 Å². The lowest BCUT2D eigenvalue weighted by atomic mass is 9.67. The smallest absolute Gasteiger partial charge is 0.0213 e. The Balaban J connectivity index is 1.84. The Morgan fingerprint density at radius 3 is 2.47 bits per heavy atom. The normalized spacial score (nSPS) is 31.4. The average Bonchev–Trinajstić information content (AvgIpc) is 3.24. The molecule has 2 aliphatic carbocycles. The van der Waals surface area contributed by atoms with Crippen LogP contribution in [0.1, 0.15) is 51.0 Å². The minimum atomic E-state index is 0.356. The van der Waals surface area contributed by atoms with Gasteiger partial charge in [0.05, 0.1) is 0 Å². The fourth-order valence-corrected chi connectivity index (χ4v) is 4.08. The van der Waals surface area contributed by atoms with Gasteiger partial charge in [-0.3, -0.25) is 0 Å². The molecule has 1 aromatic rings. The average molecular weight is 322 g/mol. The third kappa shape index (κ3) is 3.05. The topological polar surface area (TPSA) is 12.0 Å². The van der Waals surface area contributed by atoms with Crippen molar-refractivity contribution in [3.8, 4) is 0 Å². The van der Waals surface area contributed by atoms with Crippen LogP contribution in [0.5, 0.6) is 0 Å². The molecule has 1 N–H and O–H groups in total. The maximum absolute atomic E-state index is 3.79. The Bertz CT molecular complexity index is 431. The van der Waals surface area contributed by atoms with E-state index < -0.39 is 0 Å². The second kappa shape index (κ2) is 5.57. The highest BCUT2D eigenvalue weighted by Gasteiger charge is 2.38. The van der Waals surface area contributed by atoms with Crippen LogP contribution >= 0.6 is 15.9 Å². The molecule has 2 heteroatoms. The van der Waals surface area contributed by atoms with Crippen molar-refractivity contribution < 1.29 is 0 Å². The summed E-state index contributed by atoms with van der Waals surface area (Å²) in [5, 5.41) is 3.79. The summed E-state index contributed by atoms with van der Waals surface area (Å²) in [5.74, 6) is 0.900. The summed E-state index contributed by atoms with van der Waals surface area (Å²) in [4.78, 5) is 0. The van der Waals surface area contributed by atoms with E-state index in [0.29, 0.717) is 5.41 Å². The molecule has 1 aromatic carbocycles. The lowest BCUT2D eigenvalue weighted by Gasteiger charge is -2.41. The Morgan fingerprint density at radius 2 is 1.84 bits per heavy atom. The summed E-state index contributed by atoms with van der Waals surface area (Å²) in [5.41, 5.74) is 1.88. The highest BCUT2D eigenvalue weighted by molar-refractivity contribution is 9.10. The Morgan fingerprint density at radius 1 is 1.16 bits per heavy atom. The monoisotopic (exact) mass is 321 g/mol. The van der Waals surface area contributed by atoms with E-state index in [-0.39, 0.29) is 0 Å². The van der Waals surface area contributed by atoms with Gasteiger partial charge in [-0.2, -0.15) is 0 Å². The highest BCUT2D eigenvalue weighted by atomic mass is 79.9. The zero-order valence-electron chi connectivity index (χ0n) is 11.8. The quantitative estimate of drug-likeness (QED) is 0.851. The number of hydrogen-bond donors (Lipinski definition) is 1. The minimum absolute atomic E-state index is 0.356. The first-order chi connectivity index (χ1) is 9.20. The SMILES string of the molecule is CC1CCC(CNC2CC2)(c2ccccc2Br)CC1. The molecule has 0 heterocycles. The van der Waals surface area contributed by atoms with Crippen molar-refractivity contribution in [1.82, 2.24) is 5.32 Å². The van der Waals surface area contributed by atoms with Crippen molar-refractivity contribution >= 4 is 15.9 Å². The molecule has 0 atom stereocenters. The zero-order chi connectivity index (χ0) is 13.3. The van der Waals surface area contributed by atoms with Gasteiger partial charge in [-0.1, -0.05) is 41.1 Å². The van der Waals surface area contributed by atoms with Crippen molar-refractivity contribution in [3.63, 3.8) is 0 Å². The van der Waals surface area contributed by atoms with Crippen molar-refractivity contribution in [2.75, 3.05) is 6.54 Å². The maximum atomic E-state index is 3.79. The van der Waals surface area contributed by atoms with E-state index in [0.717, 1.165) is 18.5 Å². The summed E-state index contributed by atoms with van der Waals surface area (Å²) in [7, 11) is 0. The molecule has 2 aliphatic rings. The molecular formula is C17H24BrN. The largest absolute Gasteiger partial charge is 0.313 e. The fraction of sp³-hybridized carbons (Fsp3) is 0.647. The third-order valence-corrected chi connectivity index (χ3v) is 5.67. The maximum Gasteiger partial charge on any atom is 0.0213 e. The zero-order valence-corrected chi connectivity index (χ0v) is 13.4. The van der Waals surface area contributed by atoms with Crippen LogP contribution in [0.25, 0.3) is 0 Å². The molecule has 0 unspecified atom stereocenters. The molecule has 3 rings (SSSR count). The molecule has 0 amide bonds. The van der Waals surface area contributed by atoms with Gasteiger partial charge in [-0.05, 0) is 56.1 Å². The molecule has 0 radical (unpaired) electrons. The lowest BCUT2D eigenvalue weighted by molar-refractivity contribution is 0.232. The van der Waals surface area contributed by atoms with E-state index in [1.54, 1.807) is 0 Å². The summed E-state index contributed by atoms with van der Waals surface area (Å²) in [6.07, 6.45) is 8.15. The number of benzene rings is 1. The molecule has 0 saturated heterocycles. The molecule has 0 aromatic heterocycles. The predicted octanol–water partition coefficient (Wildman–Crippen LogP) is 4.65. The van der Waals surface area contributed by atoms with Crippen LogP contribution in [0.15, 0.2) is 28.7 Å². The molecule has 0 spiro atoms. The molecule has 104 valence electrons. The van der Waals surface area contributed by atoms with Gasteiger partial charge in [0.15, 0.2) is 0 Å². The first-order valence-corrected chi connectivity index (χ1v) is 8.47. The van der Waals surface area contributed by atoms with Crippen LogP contribution in [0.3, 0.4) is 0 Å². The number of halogens is 1. The van der Waals surface area contributed by atoms with Gasteiger partial charge in [0.25, 0.3) is 0 Å². The Hall–Kier alpha value is -0.340. The van der Waals surface area contributed by atoms with Crippen LogP contribution in [-0.2, 0) is 5.41 Å².